The minimum Gasteiger partial charge on any atom is -0.327 e. The maximum Gasteiger partial charge on any atom is 0.184 e. The second-order valence-corrected chi connectivity index (χ2v) is 19.5. The van der Waals surface area contributed by atoms with E-state index in [9.17, 15) is 0 Å². The molecular formula is C50H35FN4SSi. The van der Waals surface area contributed by atoms with Gasteiger partial charge in [0.2, 0.25) is 0 Å². The van der Waals surface area contributed by atoms with Crippen LogP contribution in [0.5, 0.6) is 0 Å². The van der Waals surface area contributed by atoms with Crippen LogP contribution in [-0.2, 0) is 7.05 Å². The van der Waals surface area contributed by atoms with Crippen molar-refractivity contribution < 1.29 is 4.39 Å². The molecule has 0 amide bonds. The molecular weight excluding hydrogens is 736 g/mol. The second-order valence-electron chi connectivity index (χ2n) is 14.7. The summed E-state index contributed by atoms with van der Waals surface area (Å²) in [5.41, 5.74) is 6.08. The first-order valence-corrected chi connectivity index (χ1v) is 22.0. The van der Waals surface area contributed by atoms with E-state index >= 15 is 4.39 Å². The van der Waals surface area contributed by atoms with Crippen LogP contribution in [0.3, 0.4) is 0 Å². The number of hydrogen-bond donors (Lipinski definition) is 0. The molecule has 1 aliphatic heterocycles. The van der Waals surface area contributed by atoms with E-state index in [2.05, 4.69) is 131 Å². The highest BCUT2D eigenvalue weighted by atomic mass is 32.1. The molecule has 272 valence electrons. The highest BCUT2D eigenvalue weighted by molar-refractivity contribution is 7.27. The molecule has 0 N–H and O–H groups in total. The minimum absolute atomic E-state index is 0.585. The Labute approximate surface area is 334 Å². The quantitative estimate of drug-likeness (QED) is 0.158. The van der Waals surface area contributed by atoms with Gasteiger partial charge in [0.15, 0.2) is 14.2 Å². The lowest BCUT2D eigenvalue weighted by molar-refractivity contribution is 0.402. The van der Waals surface area contributed by atoms with E-state index in [-0.39, 0.29) is 0 Å². The molecule has 1 atom stereocenters. The molecule has 0 saturated carbocycles. The Kier molecular flexibility index (Phi) is 7.81. The van der Waals surface area contributed by atoms with Gasteiger partial charge in [-0.3, -0.25) is 4.90 Å². The monoisotopic (exact) mass is 770 g/mol. The first-order valence-electron chi connectivity index (χ1n) is 19.2. The van der Waals surface area contributed by atoms with Crippen LogP contribution in [0.25, 0.3) is 42.6 Å². The number of rotatable bonds is 6. The molecule has 0 spiro atoms. The van der Waals surface area contributed by atoms with Crippen molar-refractivity contribution in [1.82, 2.24) is 14.5 Å². The molecule has 0 fully saturated rings. The van der Waals surface area contributed by atoms with Crippen LogP contribution in [-0.4, -0.2) is 22.6 Å². The van der Waals surface area contributed by atoms with Crippen molar-refractivity contribution in [3.8, 4) is 11.4 Å². The van der Waals surface area contributed by atoms with Crippen LogP contribution in [0.1, 0.15) is 17.3 Å². The molecule has 0 saturated heterocycles. The van der Waals surface area contributed by atoms with Gasteiger partial charge in [-0.15, -0.1) is 11.3 Å². The molecule has 10 aromatic rings. The minimum atomic E-state index is -3.03. The van der Waals surface area contributed by atoms with Crippen LogP contribution < -0.4 is 25.6 Å². The van der Waals surface area contributed by atoms with Crippen molar-refractivity contribution >= 4 is 88.6 Å². The van der Waals surface area contributed by atoms with Crippen LogP contribution >= 0.6 is 11.3 Å². The number of nitrogens with zero attached hydrogens (tertiary/aromatic N) is 4. The lowest BCUT2D eigenvalue weighted by Gasteiger charge is -2.45. The number of pyridine rings is 1. The zero-order chi connectivity index (χ0) is 38.1. The van der Waals surface area contributed by atoms with E-state index in [1.165, 1.54) is 40.9 Å². The number of benzene rings is 7. The van der Waals surface area contributed by atoms with Crippen molar-refractivity contribution in [3.63, 3.8) is 0 Å². The van der Waals surface area contributed by atoms with E-state index < -0.39 is 14.2 Å². The SMILES string of the molecule is Cn1c(-c2cccc(C(F)c3ccc4c(c3)N(c3ccccn3)c3c(ccc5c3sc3ccccc35)[Si]4(c3ccccc3)c3ccccc3)c2)nc2ccccc21. The second kappa shape index (κ2) is 13.2. The fraction of sp³-hybridized carbons (Fsp3) is 0.0400. The van der Waals surface area contributed by atoms with Gasteiger partial charge in [0.1, 0.15) is 11.6 Å². The number of aromatic nitrogens is 3. The Morgan fingerprint density at radius 3 is 2.09 bits per heavy atom. The Morgan fingerprint density at radius 1 is 0.614 bits per heavy atom. The van der Waals surface area contributed by atoms with E-state index in [4.69, 9.17) is 9.97 Å². The lowest BCUT2D eigenvalue weighted by atomic mass is 9.99. The summed E-state index contributed by atoms with van der Waals surface area (Å²) in [7, 11) is -1.01. The van der Waals surface area contributed by atoms with E-state index in [1.807, 2.05) is 85.2 Å². The summed E-state index contributed by atoms with van der Waals surface area (Å²) in [5, 5.41) is 7.48. The summed E-state index contributed by atoms with van der Waals surface area (Å²) in [6.07, 6.45) is 0.462. The van der Waals surface area contributed by atoms with Gasteiger partial charge in [0.25, 0.3) is 0 Å². The predicted molar refractivity (Wildman–Crippen MR) is 238 cm³/mol. The molecule has 1 aliphatic rings. The highest BCUT2D eigenvalue weighted by Crippen LogP contribution is 2.47. The fourth-order valence-corrected chi connectivity index (χ4v) is 15.5. The van der Waals surface area contributed by atoms with Crippen LogP contribution in [0, 0.1) is 0 Å². The number of anilines is 3. The van der Waals surface area contributed by atoms with Crippen molar-refractivity contribution in [2.75, 3.05) is 4.90 Å². The van der Waals surface area contributed by atoms with Gasteiger partial charge in [0, 0.05) is 40.0 Å². The van der Waals surface area contributed by atoms with Crippen LogP contribution in [0.4, 0.5) is 21.6 Å². The Bertz CT molecular complexity index is 3090. The topological polar surface area (TPSA) is 34.0 Å². The van der Waals surface area contributed by atoms with Gasteiger partial charge in [0.05, 0.1) is 21.4 Å². The molecule has 3 aromatic heterocycles. The highest BCUT2D eigenvalue weighted by Gasteiger charge is 2.50. The first kappa shape index (κ1) is 33.6. The molecule has 0 aliphatic carbocycles. The number of fused-ring (bicyclic) bond motifs is 7. The van der Waals surface area contributed by atoms with Crippen molar-refractivity contribution in [3.05, 3.63) is 199 Å². The predicted octanol–water partition coefficient (Wildman–Crippen LogP) is 10.2. The van der Waals surface area contributed by atoms with E-state index in [0.29, 0.717) is 11.1 Å². The van der Waals surface area contributed by atoms with Gasteiger partial charge in [-0.1, -0.05) is 140 Å². The number of alkyl halides is 1. The van der Waals surface area contributed by atoms with E-state index in [0.717, 1.165) is 39.6 Å². The number of para-hydroxylation sites is 2. The van der Waals surface area contributed by atoms with Crippen molar-refractivity contribution in [2.24, 2.45) is 7.05 Å². The average molecular weight is 771 g/mol. The summed E-state index contributed by atoms with van der Waals surface area (Å²) < 4.78 is 22.0. The summed E-state index contributed by atoms with van der Waals surface area (Å²) >= 11 is 1.82. The molecule has 7 heteroatoms. The molecule has 11 rings (SSSR count). The summed E-state index contributed by atoms with van der Waals surface area (Å²) in [5.74, 6) is 1.60. The van der Waals surface area contributed by atoms with Crippen molar-refractivity contribution in [1.29, 1.82) is 0 Å². The third-order valence-electron chi connectivity index (χ3n) is 11.6. The van der Waals surface area contributed by atoms with Crippen molar-refractivity contribution in [2.45, 2.75) is 6.17 Å². The number of aryl methyl sites for hydroxylation is 1. The van der Waals surface area contributed by atoms with E-state index in [1.54, 1.807) is 0 Å². The summed E-state index contributed by atoms with van der Waals surface area (Å²) in [6, 6.07) is 63.6. The Morgan fingerprint density at radius 2 is 1.32 bits per heavy atom. The smallest absolute Gasteiger partial charge is 0.184 e. The lowest BCUT2D eigenvalue weighted by Crippen LogP contribution is -2.77. The van der Waals surface area contributed by atoms with Gasteiger partial charge in [-0.05, 0) is 74.3 Å². The van der Waals surface area contributed by atoms with Gasteiger partial charge in [-0.25, -0.2) is 14.4 Å². The normalized spacial score (nSPS) is 13.8. The molecule has 57 heavy (non-hydrogen) atoms. The number of imidazole rings is 1. The molecule has 1 unspecified atom stereocenters. The third kappa shape index (κ3) is 5.09. The number of halogens is 1. The van der Waals surface area contributed by atoms with Crippen LogP contribution in [0.2, 0.25) is 0 Å². The largest absolute Gasteiger partial charge is 0.327 e. The fourth-order valence-electron chi connectivity index (χ4n) is 9.09. The summed E-state index contributed by atoms with van der Waals surface area (Å²) in [6.45, 7) is 0. The number of hydrogen-bond acceptors (Lipinski definition) is 4. The number of thiophene rings is 1. The summed E-state index contributed by atoms with van der Waals surface area (Å²) in [4.78, 5) is 12.2. The van der Waals surface area contributed by atoms with Gasteiger partial charge in [-0.2, -0.15) is 0 Å². The molecule has 0 radical (unpaired) electrons. The molecule has 4 heterocycles. The standard InChI is InChI=1S/C50H35FN4SSi/c1-54-41-23-10-9-22-40(41)53-50(54)35-16-14-15-33(31-35)47(51)34-26-28-44-42(32-34)55(46-25-12-13-30-52-46)48-45(29-27-39-38-21-8-11-24-43(38)56-49(39)48)57(44,36-17-4-2-5-18-36)37-19-6-3-7-20-37/h2-32,47H,1H3. The Hall–Kier alpha value is -6.67. The van der Waals surface area contributed by atoms with Gasteiger partial charge < -0.3 is 4.57 Å². The van der Waals surface area contributed by atoms with Crippen LogP contribution in [0.15, 0.2) is 188 Å². The van der Waals surface area contributed by atoms with Gasteiger partial charge >= 0.3 is 0 Å². The molecule has 4 nitrogen and oxygen atoms in total. The molecule has 7 aromatic carbocycles. The first-order chi connectivity index (χ1) is 28.1. The zero-order valence-electron chi connectivity index (χ0n) is 31.1. The Balaban J connectivity index is 1.19. The third-order valence-corrected chi connectivity index (χ3v) is 17.7. The maximum atomic E-state index is 17.4. The zero-order valence-corrected chi connectivity index (χ0v) is 32.9. The molecule has 0 bridgehead atoms. The average Bonchev–Trinajstić information content (AvgIpc) is 3.83. The maximum absolute atomic E-state index is 17.4.